The summed E-state index contributed by atoms with van der Waals surface area (Å²) in [6.45, 7) is -1.64. The van der Waals surface area contributed by atoms with Gasteiger partial charge in [-0.15, -0.1) is 0 Å². The van der Waals surface area contributed by atoms with E-state index >= 15 is 0 Å². The van der Waals surface area contributed by atoms with Crippen LogP contribution in [0.15, 0.2) is 18.2 Å². The minimum absolute atomic E-state index is 0.0336. The SMILES string of the molecule is CN1CCC2(CCN(C(=O)Nc3ccc(F)cc3OC(F)F)CC2)C1=O. The number of piperidine rings is 1. The molecule has 2 saturated heterocycles. The molecule has 1 spiro atoms. The van der Waals surface area contributed by atoms with E-state index in [2.05, 4.69) is 10.1 Å². The van der Waals surface area contributed by atoms with Crippen LogP contribution in [0, 0.1) is 11.2 Å². The minimum Gasteiger partial charge on any atom is -0.432 e. The number of carbonyl (C=O) groups is 2. The van der Waals surface area contributed by atoms with Gasteiger partial charge in [-0.1, -0.05) is 0 Å². The summed E-state index contributed by atoms with van der Waals surface area (Å²) in [4.78, 5) is 28.0. The van der Waals surface area contributed by atoms with Crippen molar-refractivity contribution in [2.75, 3.05) is 32.0 Å². The average Bonchev–Trinajstić information content (AvgIpc) is 2.86. The number of amides is 3. The van der Waals surface area contributed by atoms with Crippen molar-refractivity contribution in [3.8, 4) is 5.75 Å². The Bertz CT molecular complexity index is 706. The first-order valence-corrected chi connectivity index (χ1v) is 8.37. The molecule has 1 aromatic carbocycles. The monoisotopic (exact) mass is 371 g/mol. The molecule has 2 aliphatic rings. The van der Waals surface area contributed by atoms with E-state index in [1.165, 1.54) is 11.0 Å². The fourth-order valence-corrected chi connectivity index (χ4v) is 3.58. The zero-order chi connectivity index (χ0) is 18.9. The van der Waals surface area contributed by atoms with E-state index in [1.54, 1.807) is 11.9 Å². The second-order valence-electron chi connectivity index (χ2n) is 6.69. The number of anilines is 1. The first-order chi connectivity index (χ1) is 12.3. The average molecular weight is 371 g/mol. The molecular weight excluding hydrogens is 351 g/mol. The van der Waals surface area contributed by atoms with Gasteiger partial charge in [-0.25, -0.2) is 9.18 Å². The van der Waals surface area contributed by atoms with Crippen molar-refractivity contribution in [3.63, 3.8) is 0 Å². The standard InChI is InChI=1S/C17H20F3N3O3/c1-22-7-4-17(14(22)24)5-8-23(9-6-17)16(25)21-12-3-2-11(18)10-13(12)26-15(19)20/h2-3,10,15H,4-9H2,1H3,(H,21,25). The third kappa shape index (κ3) is 3.56. The van der Waals surface area contributed by atoms with Crippen molar-refractivity contribution in [1.82, 2.24) is 9.80 Å². The Morgan fingerprint density at radius 2 is 1.88 bits per heavy atom. The molecule has 6 nitrogen and oxygen atoms in total. The molecule has 3 rings (SSSR count). The van der Waals surface area contributed by atoms with Crippen LogP contribution < -0.4 is 10.1 Å². The topological polar surface area (TPSA) is 61.9 Å². The first-order valence-electron chi connectivity index (χ1n) is 8.37. The Morgan fingerprint density at radius 3 is 2.46 bits per heavy atom. The highest BCUT2D eigenvalue weighted by Gasteiger charge is 2.47. The molecule has 9 heteroatoms. The molecule has 0 aromatic heterocycles. The molecule has 26 heavy (non-hydrogen) atoms. The number of halogens is 3. The third-order valence-electron chi connectivity index (χ3n) is 5.14. The second kappa shape index (κ2) is 7.05. The number of urea groups is 1. The van der Waals surface area contributed by atoms with Crippen LogP contribution in [0.3, 0.4) is 0 Å². The smallest absolute Gasteiger partial charge is 0.387 e. The predicted molar refractivity (Wildman–Crippen MR) is 87.5 cm³/mol. The summed E-state index contributed by atoms with van der Waals surface area (Å²) < 4.78 is 42.4. The number of benzene rings is 1. The first kappa shape index (κ1) is 18.3. The summed E-state index contributed by atoms with van der Waals surface area (Å²) in [6, 6.07) is 2.52. The van der Waals surface area contributed by atoms with Crippen LogP contribution in [0.1, 0.15) is 19.3 Å². The molecule has 0 unspecified atom stereocenters. The molecule has 1 aromatic rings. The molecular formula is C17H20F3N3O3. The predicted octanol–water partition coefficient (Wildman–Crippen LogP) is 2.90. The molecule has 0 radical (unpaired) electrons. The van der Waals surface area contributed by atoms with Crippen molar-refractivity contribution in [3.05, 3.63) is 24.0 Å². The molecule has 142 valence electrons. The maximum atomic E-state index is 13.2. The third-order valence-corrected chi connectivity index (χ3v) is 5.14. The molecule has 3 amide bonds. The number of nitrogens with zero attached hydrogens (tertiary/aromatic N) is 2. The van der Waals surface area contributed by atoms with Gasteiger partial charge in [0, 0.05) is 32.7 Å². The van der Waals surface area contributed by atoms with Gasteiger partial charge in [-0.3, -0.25) is 4.79 Å². The summed E-state index contributed by atoms with van der Waals surface area (Å²) in [7, 11) is 1.77. The molecule has 0 aliphatic carbocycles. The lowest BCUT2D eigenvalue weighted by molar-refractivity contribution is -0.136. The maximum absolute atomic E-state index is 13.2. The zero-order valence-electron chi connectivity index (χ0n) is 14.3. The lowest BCUT2D eigenvalue weighted by Gasteiger charge is -2.37. The van der Waals surface area contributed by atoms with E-state index in [0.29, 0.717) is 25.9 Å². The summed E-state index contributed by atoms with van der Waals surface area (Å²) in [5, 5.41) is 2.48. The van der Waals surface area contributed by atoms with Gasteiger partial charge in [-0.2, -0.15) is 8.78 Å². The number of hydrogen-bond donors (Lipinski definition) is 1. The Balaban J connectivity index is 1.64. The van der Waals surface area contributed by atoms with Crippen molar-refractivity contribution in [1.29, 1.82) is 0 Å². The van der Waals surface area contributed by atoms with Crippen LogP contribution in [-0.2, 0) is 4.79 Å². The lowest BCUT2D eigenvalue weighted by Crippen LogP contribution is -2.47. The molecule has 0 bridgehead atoms. The van der Waals surface area contributed by atoms with E-state index < -0.39 is 29.6 Å². The van der Waals surface area contributed by atoms with Gasteiger partial charge in [0.25, 0.3) is 0 Å². The van der Waals surface area contributed by atoms with Crippen LogP contribution in [0.25, 0.3) is 0 Å². The van der Waals surface area contributed by atoms with Gasteiger partial charge < -0.3 is 19.9 Å². The van der Waals surface area contributed by atoms with Crippen molar-refractivity contribution >= 4 is 17.6 Å². The molecule has 0 saturated carbocycles. The van der Waals surface area contributed by atoms with E-state index in [-0.39, 0.29) is 11.6 Å². The Morgan fingerprint density at radius 1 is 1.23 bits per heavy atom. The number of nitrogens with one attached hydrogen (secondary N) is 1. The quantitative estimate of drug-likeness (QED) is 0.889. The Labute approximate surface area is 148 Å². The van der Waals surface area contributed by atoms with Gasteiger partial charge in [0.2, 0.25) is 5.91 Å². The van der Waals surface area contributed by atoms with E-state index in [0.717, 1.165) is 25.1 Å². The molecule has 0 atom stereocenters. The zero-order valence-corrected chi connectivity index (χ0v) is 14.3. The summed E-state index contributed by atoms with van der Waals surface area (Å²) in [6.07, 6.45) is 1.91. The number of ether oxygens (including phenoxy) is 1. The van der Waals surface area contributed by atoms with Crippen LogP contribution >= 0.6 is 0 Å². The Hall–Kier alpha value is -2.45. The highest BCUT2D eigenvalue weighted by Crippen LogP contribution is 2.41. The fraction of sp³-hybridized carbons (Fsp3) is 0.529. The van der Waals surface area contributed by atoms with E-state index in [4.69, 9.17) is 0 Å². The van der Waals surface area contributed by atoms with Crippen molar-refractivity contribution in [2.45, 2.75) is 25.9 Å². The molecule has 2 fully saturated rings. The van der Waals surface area contributed by atoms with Gasteiger partial charge in [-0.05, 0) is 31.4 Å². The number of rotatable bonds is 3. The number of carbonyl (C=O) groups excluding carboxylic acids is 2. The summed E-state index contributed by atoms with van der Waals surface area (Å²) in [5.74, 6) is -1.07. The number of likely N-dealkylation sites (tertiary alicyclic amines) is 2. The van der Waals surface area contributed by atoms with Gasteiger partial charge >= 0.3 is 12.6 Å². The van der Waals surface area contributed by atoms with Crippen molar-refractivity contribution in [2.24, 2.45) is 5.41 Å². The maximum Gasteiger partial charge on any atom is 0.387 e. The van der Waals surface area contributed by atoms with Crippen LogP contribution in [0.4, 0.5) is 23.7 Å². The minimum atomic E-state index is -3.13. The number of alkyl halides is 2. The van der Waals surface area contributed by atoms with Crippen LogP contribution in [0.5, 0.6) is 5.75 Å². The highest BCUT2D eigenvalue weighted by atomic mass is 19.3. The van der Waals surface area contributed by atoms with Crippen LogP contribution in [0.2, 0.25) is 0 Å². The fourth-order valence-electron chi connectivity index (χ4n) is 3.58. The van der Waals surface area contributed by atoms with Gasteiger partial charge in [0.1, 0.15) is 5.82 Å². The lowest BCUT2D eigenvalue weighted by atomic mass is 9.77. The van der Waals surface area contributed by atoms with E-state index in [9.17, 15) is 22.8 Å². The summed E-state index contributed by atoms with van der Waals surface area (Å²) in [5.41, 5.74) is -0.431. The van der Waals surface area contributed by atoms with Gasteiger partial charge in [0.15, 0.2) is 5.75 Å². The summed E-state index contributed by atoms with van der Waals surface area (Å²) >= 11 is 0. The van der Waals surface area contributed by atoms with Crippen LogP contribution in [-0.4, -0.2) is 55.0 Å². The molecule has 1 N–H and O–H groups in total. The van der Waals surface area contributed by atoms with Crippen molar-refractivity contribution < 1.29 is 27.5 Å². The van der Waals surface area contributed by atoms with E-state index in [1.807, 2.05) is 0 Å². The largest absolute Gasteiger partial charge is 0.432 e. The number of hydrogen-bond acceptors (Lipinski definition) is 3. The molecule has 2 aliphatic heterocycles. The normalized spacial score (nSPS) is 19.3. The van der Waals surface area contributed by atoms with Gasteiger partial charge in [0.05, 0.1) is 11.1 Å². The second-order valence-corrected chi connectivity index (χ2v) is 6.69. The molecule has 2 heterocycles. The Kier molecular flexibility index (Phi) is 4.97. The highest BCUT2D eigenvalue weighted by molar-refractivity contribution is 5.91.